The minimum absolute atomic E-state index is 0.111. The molecule has 1 aromatic carbocycles. The van der Waals surface area contributed by atoms with Crippen molar-refractivity contribution in [1.82, 2.24) is 0 Å². The maximum Gasteiger partial charge on any atom is 0.321 e. The van der Waals surface area contributed by atoms with Crippen molar-refractivity contribution in [3.05, 3.63) is 41.7 Å². The first-order valence-corrected chi connectivity index (χ1v) is 3.65. The first-order valence-electron chi connectivity index (χ1n) is 3.27. The zero-order valence-corrected chi connectivity index (χ0v) is 6.94. The zero-order valence-electron chi connectivity index (χ0n) is 6.18. The van der Waals surface area contributed by atoms with Gasteiger partial charge in [-0.2, -0.15) is 0 Å². The molecule has 4 heteroatoms. The molecular weight excluding hydrogens is 181 g/mol. The van der Waals surface area contributed by atoms with Gasteiger partial charge in [-0.15, -0.1) is 7.05 Å². The average Bonchev–Trinajstić information content (AvgIpc) is 2.03. The van der Waals surface area contributed by atoms with E-state index in [9.17, 15) is 9.18 Å². The largest absolute Gasteiger partial charge is 0.411 e. The van der Waals surface area contributed by atoms with E-state index >= 15 is 0 Å². The number of hydrogen-bond donors (Lipinski definition) is 1. The van der Waals surface area contributed by atoms with E-state index in [0.29, 0.717) is 0 Å². The van der Waals surface area contributed by atoms with Crippen LogP contribution in [0, 0.1) is 12.9 Å². The second kappa shape index (κ2) is 3.65. The van der Waals surface area contributed by atoms with E-state index in [1.165, 1.54) is 18.2 Å². The Balaban J connectivity index is 3.21. The first-order chi connectivity index (χ1) is 5.66. The van der Waals surface area contributed by atoms with E-state index in [0.717, 1.165) is 5.32 Å². The summed E-state index contributed by atoms with van der Waals surface area (Å²) in [6, 6.07) is 4.08. The van der Waals surface area contributed by atoms with Gasteiger partial charge in [0.05, 0.1) is 5.02 Å². The lowest BCUT2D eigenvalue weighted by Gasteiger charge is -2.01. The van der Waals surface area contributed by atoms with Crippen molar-refractivity contribution in [2.75, 3.05) is 0 Å². The maximum absolute atomic E-state index is 12.9. The molecule has 0 bridgehead atoms. The number of quaternary nitrogens is 1. The van der Waals surface area contributed by atoms with Gasteiger partial charge in [-0.05, 0) is 12.1 Å². The number of primary amides is 1. The molecule has 0 aliphatic carbocycles. The monoisotopic (exact) mass is 187 g/mol. The molecule has 0 fully saturated rings. The van der Waals surface area contributed by atoms with Crippen molar-refractivity contribution in [3.63, 3.8) is 0 Å². The zero-order chi connectivity index (χ0) is 9.14. The number of rotatable bonds is 1. The predicted octanol–water partition coefficient (Wildman–Crippen LogP) is 0.974. The molecular formula is C8H7ClFNO. The third-order valence-corrected chi connectivity index (χ3v) is 1.71. The summed E-state index contributed by atoms with van der Waals surface area (Å²) in [6.45, 7) is 0. The van der Waals surface area contributed by atoms with Crippen molar-refractivity contribution in [1.29, 1.82) is 0 Å². The Hall–Kier alpha value is -0.930. The fourth-order valence-corrected chi connectivity index (χ4v) is 1.09. The molecule has 0 atom stereocenters. The van der Waals surface area contributed by atoms with Crippen LogP contribution in [-0.4, -0.2) is 5.91 Å². The molecule has 1 rings (SSSR count). The Kier molecular flexibility index (Phi) is 2.78. The number of halogens is 2. The molecule has 0 heterocycles. The fraction of sp³-hybridized carbons (Fsp3) is 0. The molecule has 0 spiro atoms. The summed E-state index contributed by atoms with van der Waals surface area (Å²) in [5, 5.41) is 1.14. The molecule has 0 aliphatic heterocycles. The molecule has 2 nitrogen and oxygen atoms in total. The minimum atomic E-state index is -0.618. The van der Waals surface area contributed by atoms with E-state index in [1.807, 2.05) is 0 Å². The number of carbonyl (C=O) groups is 1. The molecule has 0 radical (unpaired) electrons. The Morgan fingerprint density at radius 1 is 1.58 bits per heavy atom. The van der Waals surface area contributed by atoms with Gasteiger partial charge in [-0.25, -0.2) is 9.18 Å². The highest BCUT2D eigenvalue weighted by Crippen LogP contribution is 2.17. The van der Waals surface area contributed by atoms with Crippen LogP contribution in [0.1, 0.15) is 10.4 Å². The standard InChI is InChI=1S/C8H7ClFNO/c1-11-8(12)7-5(9)3-2-4-6(7)10/h2-4H,1,11H2. The molecule has 2 N–H and O–H groups in total. The molecule has 0 unspecified atom stereocenters. The smallest absolute Gasteiger partial charge is 0.321 e. The normalized spacial score (nSPS) is 9.92. The number of benzene rings is 1. The molecule has 12 heavy (non-hydrogen) atoms. The van der Waals surface area contributed by atoms with Crippen LogP contribution in [0.3, 0.4) is 0 Å². The van der Waals surface area contributed by atoms with Gasteiger partial charge in [0, 0.05) is 0 Å². The van der Waals surface area contributed by atoms with Gasteiger partial charge < -0.3 is 5.32 Å². The van der Waals surface area contributed by atoms with Gasteiger partial charge in [0.25, 0.3) is 0 Å². The lowest BCUT2D eigenvalue weighted by atomic mass is 10.2. The molecule has 0 aliphatic rings. The Bertz CT molecular complexity index is 294. The number of nitrogens with two attached hydrogens (primary N) is 1. The lowest BCUT2D eigenvalue weighted by molar-refractivity contribution is -0.489. The minimum Gasteiger partial charge on any atom is -0.411 e. The SMILES string of the molecule is [CH2-][NH2+]C(=O)c1c(F)cccc1Cl. The first kappa shape index (κ1) is 9.16. The highest BCUT2D eigenvalue weighted by atomic mass is 35.5. The van der Waals surface area contributed by atoms with Gasteiger partial charge in [0.1, 0.15) is 11.4 Å². The highest BCUT2D eigenvalue weighted by molar-refractivity contribution is 6.33. The van der Waals surface area contributed by atoms with Crippen molar-refractivity contribution < 1.29 is 14.5 Å². The van der Waals surface area contributed by atoms with Crippen LogP contribution in [0.4, 0.5) is 4.39 Å². The van der Waals surface area contributed by atoms with Crippen LogP contribution in [0.25, 0.3) is 0 Å². The summed E-state index contributed by atoms with van der Waals surface area (Å²) in [5.74, 6) is -1.12. The topological polar surface area (TPSA) is 33.7 Å². The summed E-state index contributed by atoms with van der Waals surface area (Å²) in [5.41, 5.74) is -0.117. The number of carbonyl (C=O) groups excluding carboxylic acids is 1. The third kappa shape index (κ3) is 1.62. The second-order valence-electron chi connectivity index (χ2n) is 2.17. The molecule has 64 valence electrons. The Morgan fingerprint density at radius 3 is 2.75 bits per heavy atom. The van der Waals surface area contributed by atoms with Crippen LogP contribution < -0.4 is 5.32 Å². The molecule has 1 aromatic rings. The van der Waals surface area contributed by atoms with Gasteiger partial charge >= 0.3 is 5.91 Å². The summed E-state index contributed by atoms with van der Waals surface area (Å²) >= 11 is 5.59. The van der Waals surface area contributed by atoms with Gasteiger partial charge in [-0.1, -0.05) is 17.7 Å². The molecule has 1 amide bonds. The average molecular weight is 188 g/mol. The second-order valence-corrected chi connectivity index (χ2v) is 2.57. The van der Waals surface area contributed by atoms with E-state index < -0.39 is 11.7 Å². The number of hydrogen-bond acceptors (Lipinski definition) is 1. The van der Waals surface area contributed by atoms with Crippen molar-refractivity contribution in [2.24, 2.45) is 0 Å². The maximum atomic E-state index is 12.9. The van der Waals surface area contributed by atoms with Crippen LogP contribution in [0.5, 0.6) is 0 Å². The van der Waals surface area contributed by atoms with E-state index in [-0.39, 0.29) is 10.6 Å². The van der Waals surface area contributed by atoms with Gasteiger partial charge in [0.2, 0.25) is 0 Å². The van der Waals surface area contributed by atoms with Crippen LogP contribution in [-0.2, 0) is 0 Å². The van der Waals surface area contributed by atoms with Gasteiger partial charge in [-0.3, -0.25) is 0 Å². The predicted molar refractivity (Wildman–Crippen MR) is 43.0 cm³/mol. The number of amides is 1. The van der Waals surface area contributed by atoms with Crippen molar-refractivity contribution in [2.45, 2.75) is 0 Å². The Labute approximate surface area is 74.3 Å². The Morgan fingerprint density at radius 2 is 2.25 bits per heavy atom. The molecule has 0 saturated heterocycles. The van der Waals surface area contributed by atoms with E-state index in [1.54, 1.807) is 0 Å². The summed E-state index contributed by atoms with van der Waals surface area (Å²) in [6.07, 6.45) is 0. The van der Waals surface area contributed by atoms with Crippen LogP contribution in [0.2, 0.25) is 5.02 Å². The van der Waals surface area contributed by atoms with E-state index in [4.69, 9.17) is 11.6 Å². The van der Waals surface area contributed by atoms with Crippen LogP contribution >= 0.6 is 11.6 Å². The summed E-state index contributed by atoms with van der Waals surface area (Å²) < 4.78 is 12.9. The third-order valence-electron chi connectivity index (χ3n) is 1.39. The van der Waals surface area contributed by atoms with Crippen molar-refractivity contribution >= 4 is 17.5 Å². The molecule has 0 aromatic heterocycles. The molecule has 0 saturated carbocycles. The summed E-state index contributed by atoms with van der Waals surface area (Å²) in [7, 11) is 3.24. The summed E-state index contributed by atoms with van der Waals surface area (Å²) in [4.78, 5) is 11.0. The van der Waals surface area contributed by atoms with Crippen molar-refractivity contribution in [3.8, 4) is 0 Å². The highest BCUT2D eigenvalue weighted by Gasteiger charge is 2.15. The van der Waals surface area contributed by atoms with E-state index in [2.05, 4.69) is 7.05 Å². The van der Waals surface area contributed by atoms with Gasteiger partial charge in [0.15, 0.2) is 0 Å². The van der Waals surface area contributed by atoms with Crippen LogP contribution in [0.15, 0.2) is 18.2 Å². The lowest BCUT2D eigenvalue weighted by Crippen LogP contribution is -2.81. The quantitative estimate of drug-likeness (QED) is 0.654. The fourth-order valence-electron chi connectivity index (χ4n) is 0.835.